The number of esters is 1. The van der Waals surface area contributed by atoms with Gasteiger partial charge in [-0.2, -0.15) is 0 Å². The molecule has 0 unspecified atom stereocenters. The Morgan fingerprint density at radius 2 is 2.14 bits per heavy atom. The largest absolute Gasteiger partial charge is 0.491 e. The zero-order valence-corrected chi connectivity index (χ0v) is 12.6. The highest BCUT2D eigenvalue weighted by atomic mass is 16.5. The van der Waals surface area contributed by atoms with Gasteiger partial charge in [0.05, 0.1) is 13.7 Å². The molecule has 0 aliphatic carbocycles. The molecule has 0 bridgehead atoms. The first-order valence-corrected chi connectivity index (χ1v) is 7.32. The molecule has 0 radical (unpaired) electrons. The van der Waals surface area contributed by atoms with Gasteiger partial charge < -0.3 is 9.47 Å². The second kappa shape index (κ2) is 7.62. The Balaban J connectivity index is 2.24. The summed E-state index contributed by atoms with van der Waals surface area (Å²) in [6, 6.07) is 7.87. The quantitative estimate of drug-likeness (QED) is 0.577. The summed E-state index contributed by atoms with van der Waals surface area (Å²) in [7, 11) is 1.41. The molecule has 0 aliphatic heterocycles. The Morgan fingerprint density at radius 3 is 2.90 bits per heavy atom. The molecule has 0 spiro atoms. The standard InChI is InChI=1S/C17H21NO3/c1-3-4-12-21-15-9-7-13(8-10-16(19)20-2)14-6-5-11-18-17(14)15/h5-7,9,11H,3-4,8,10,12H2,1-2H3. The lowest BCUT2D eigenvalue weighted by atomic mass is 10.0. The number of fused-ring (bicyclic) bond motifs is 1. The molecule has 0 amide bonds. The zero-order valence-electron chi connectivity index (χ0n) is 12.6. The molecule has 0 aliphatic rings. The van der Waals surface area contributed by atoms with Crippen molar-refractivity contribution in [2.45, 2.75) is 32.6 Å². The van der Waals surface area contributed by atoms with Gasteiger partial charge >= 0.3 is 5.97 Å². The van der Waals surface area contributed by atoms with Gasteiger partial charge in [0, 0.05) is 18.0 Å². The number of methoxy groups -OCH3 is 1. The van der Waals surface area contributed by atoms with Crippen molar-refractivity contribution in [1.29, 1.82) is 0 Å². The van der Waals surface area contributed by atoms with Crippen molar-refractivity contribution in [2.75, 3.05) is 13.7 Å². The Labute approximate surface area is 125 Å². The molecule has 1 heterocycles. The third-order valence-corrected chi connectivity index (χ3v) is 3.40. The highest BCUT2D eigenvalue weighted by Crippen LogP contribution is 2.27. The fraction of sp³-hybridized carbons (Fsp3) is 0.412. The van der Waals surface area contributed by atoms with Crippen molar-refractivity contribution in [2.24, 2.45) is 0 Å². The van der Waals surface area contributed by atoms with Crippen LogP contribution in [0.2, 0.25) is 0 Å². The molecule has 4 heteroatoms. The number of carbonyl (C=O) groups excluding carboxylic acids is 1. The van der Waals surface area contributed by atoms with E-state index in [1.807, 2.05) is 24.3 Å². The Kier molecular flexibility index (Phi) is 5.55. The molecule has 2 rings (SSSR count). The van der Waals surface area contributed by atoms with Crippen LogP contribution in [0.4, 0.5) is 0 Å². The maximum Gasteiger partial charge on any atom is 0.305 e. The van der Waals surface area contributed by atoms with E-state index in [-0.39, 0.29) is 5.97 Å². The normalized spacial score (nSPS) is 10.6. The number of hydrogen-bond donors (Lipinski definition) is 0. The van der Waals surface area contributed by atoms with Crippen molar-refractivity contribution in [3.05, 3.63) is 36.0 Å². The average Bonchev–Trinajstić information content (AvgIpc) is 2.53. The van der Waals surface area contributed by atoms with Crippen LogP contribution in [0.25, 0.3) is 10.9 Å². The molecule has 1 aromatic carbocycles. The molecular formula is C17H21NO3. The molecule has 0 fully saturated rings. The summed E-state index contributed by atoms with van der Waals surface area (Å²) in [6.45, 7) is 2.83. The van der Waals surface area contributed by atoms with E-state index >= 15 is 0 Å². The summed E-state index contributed by atoms with van der Waals surface area (Å²) in [5.41, 5.74) is 1.95. The SMILES string of the molecule is CCCCOc1ccc(CCC(=O)OC)c2cccnc12. The Morgan fingerprint density at radius 1 is 1.29 bits per heavy atom. The van der Waals surface area contributed by atoms with Crippen LogP contribution in [-0.2, 0) is 16.0 Å². The molecular weight excluding hydrogens is 266 g/mol. The maximum absolute atomic E-state index is 11.3. The van der Waals surface area contributed by atoms with E-state index in [9.17, 15) is 4.79 Å². The summed E-state index contributed by atoms with van der Waals surface area (Å²) >= 11 is 0. The van der Waals surface area contributed by atoms with Crippen molar-refractivity contribution < 1.29 is 14.3 Å². The van der Waals surface area contributed by atoms with E-state index in [4.69, 9.17) is 9.47 Å². The minimum Gasteiger partial charge on any atom is -0.491 e. The van der Waals surface area contributed by atoms with Gasteiger partial charge in [0.25, 0.3) is 0 Å². The summed E-state index contributed by atoms with van der Waals surface area (Å²) in [6.07, 6.45) is 4.90. The van der Waals surface area contributed by atoms with Gasteiger partial charge in [0.15, 0.2) is 0 Å². The first-order chi connectivity index (χ1) is 10.3. The van der Waals surface area contributed by atoms with Gasteiger partial charge in [-0.25, -0.2) is 0 Å². The van der Waals surface area contributed by atoms with Crippen LogP contribution in [0.3, 0.4) is 0 Å². The van der Waals surface area contributed by atoms with Gasteiger partial charge in [0.2, 0.25) is 0 Å². The van der Waals surface area contributed by atoms with Gasteiger partial charge in [0.1, 0.15) is 11.3 Å². The van der Waals surface area contributed by atoms with Crippen LogP contribution < -0.4 is 4.74 Å². The van der Waals surface area contributed by atoms with Crippen LogP contribution in [0, 0.1) is 0 Å². The number of pyridine rings is 1. The number of ether oxygens (including phenoxy) is 2. The second-order valence-corrected chi connectivity index (χ2v) is 4.90. The van der Waals surface area contributed by atoms with Crippen molar-refractivity contribution >= 4 is 16.9 Å². The van der Waals surface area contributed by atoms with E-state index in [0.717, 1.165) is 35.1 Å². The predicted molar refractivity (Wildman–Crippen MR) is 82.5 cm³/mol. The lowest BCUT2D eigenvalue weighted by Crippen LogP contribution is -2.03. The van der Waals surface area contributed by atoms with E-state index in [1.165, 1.54) is 7.11 Å². The van der Waals surface area contributed by atoms with Crippen LogP contribution in [0.15, 0.2) is 30.5 Å². The predicted octanol–water partition coefficient (Wildman–Crippen LogP) is 3.52. The van der Waals surface area contributed by atoms with E-state index in [0.29, 0.717) is 19.4 Å². The number of hydrogen-bond acceptors (Lipinski definition) is 4. The topological polar surface area (TPSA) is 48.4 Å². The van der Waals surface area contributed by atoms with Crippen LogP contribution >= 0.6 is 0 Å². The van der Waals surface area contributed by atoms with Gasteiger partial charge in [-0.05, 0) is 30.5 Å². The third kappa shape index (κ3) is 3.94. The van der Waals surface area contributed by atoms with Crippen molar-refractivity contribution in [3.63, 3.8) is 0 Å². The first kappa shape index (κ1) is 15.3. The molecule has 21 heavy (non-hydrogen) atoms. The molecule has 2 aromatic rings. The minimum atomic E-state index is -0.199. The van der Waals surface area contributed by atoms with E-state index in [2.05, 4.69) is 11.9 Å². The number of aromatic nitrogens is 1. The fourth-order valence-electron chi connectivity index (χ4n) is 2.21. The van der Waals surface area contributed by atoms with E-state index in [1.54, 1.807) is 6.20 Å². The average molecular weight is 287 g/mol. The lowest BCUT2D eigenvalue weighted by molar-refractivity contribution is -0.140. The number of nitrogens with zero attached hydrogens (tertiary/aromatic N) is 1. The van der Waals surface area contributed by atoms with Gasteiger partial charge in [-0.1, -0.05) is 25.5 Å². The molecule has 112 valence electrons. The summed E-state index contributed by atoms with van der Waals surface area (Å²) in [5, 5.41) is 1.04. The number of aryl methyl sites for hydroxylation is 1. The third-order valence-electron chi connectivity index (χ3n) is 3.40. The van der Waals surface area contributed by atoms with Gasteiger partial charge in [-0.15, -0.1) is 0 Å². The van der Waals surface area contributed by atoms with Crippen LogP contribution in [-0.4, -0.2) is 24.7 Å². The molecule has 0 saturated heterocycles. The first-order valence-electron chi connectivity index (χ1n) is 7.32. The molecule has 1 aromatic heterocycles. The summed E-state index contributed by atoms with van der Waals surface area (Å²) in [5.74, 6) is 0.608. The Bertz CT molecular complexity index is 610. The van der Waals surface area contributed by atoms with Crippen molar-refractivity contribution in [1.82, 2.24) is 4.98 Å². The smallest absolute Gasteiger partial charge is 0.305 e. The minimum absolute atomic E-state index is 0.199. The second-order valence-electron chi connectivity index (χ2n) is 4.90. The number of rotatable bonds is 7. The monoisotopic (exact) mass is 287 g/mol. The lowest BCUT2D eigenvalue weighted by Gasteiger charge is -2.11. The van der Waals surface area contributed by atoms with E-state index < -0.39 is 0 Å². The fourth-order valence-corrected chi connectivity index (χ4v) is 2.21. The maximum atomic E-state index is 11.3. The number of carbonyl (C=O) groups is 1. The van der Waals surface area contributed by atoms with Crippen LogP contribution in [0.1, 0.15) is 31.7 Å². The molecule has 4 nitrogen and oxygen atoms in total. The van der Waals surface area contributed by atoms with Gasteiger partial charge in [-0.3, -0.25) is 9.78 Å². The zero-order chi connectivity index (χ0) is 15.1. The van der Waals surface area contributed by atoms with Crippen molar-refractivity contribution in [3.8, 4) is 5.75 Å². The Hall–Kier alpha value is -2.10. The van der Waals surface area contributed by atoms with Crippen LogP contribution in [0.5, 0.6) is 5.75 Å². The number of benzene rings is 1. The summed E-state index contributed by atoms with van der Waals surface area (Å²) in [4.78, 5) is 15.7. The molecule has 0 atom stereocenters. The highest BCUT2D eigenvalue weighted by molar-refractivity contribution is 5.87. The molecule has 0 saturated carbocycles. The molecule has 0 N–H and O–H groups in total. The highest BCUT2D eigenvalue weighted by Gasteiger charge is 2.09. The number of unbranched alkanes of at least 4 members (excludes halogenated alkanes) is 1. The summed E-state index contributed by atoms with van der Waals surface area (Å²) < 4.78 is 10.5.